The van der Waals surface area contributed by atoms with Gasteiger partial charge in [-0.1, -0.05) is 0 Å². The van der Waals surface area contributed by atoms with Gasteiger partial charge in [-0.3, -0.25) is 0 Å². The Morgan fingerprint density at radius 2 is 2.31 bits per heavy atom. The van der Waals surface area contributed by atoms with Gasteiger partial charge in [-0.15, -0.1) is 11.3 Å². The predicted octanol–water partition coefficient (Wildman–Crippen LogP) is 2.68. The van der Waals surface area contributed by atoms with E-state index in [-0.39, 0.29) is 0 Å². The molecule has 0 atom stereocenters. The van der Waals surface area contributed by atoms with E-state index in [1.807, 2.05) is 6.92 Å². The number of thiophene rings is 1. The lowest BCUT2D eigenvalue weighted by Gasteiger charge is -2.13. The number of fused-ring (bicyclic) bond motifs is 3. The third-order valence-corrected chi connectivity index (χ3v) is 3.83. The first-order valence-electron chi connectivity index (χ1n) is 4.95. The van der Waals surface area contributed by atoms with E-state index in [4.69, 9.17) is 5.11 Å². The zero-order chi connectivity index (χ0) is 11.3. The first kappa shape index (κ1) is 9.47. The molecule has 0 saturated carbocycles. The van der Waals surface area contributed by atoms with Gasteiger partial charge < -0.3 is 15.4 Å². The summed E-state index contributed by atoms with van der Waals surface area (Å²) in [5, 5.41) is 12.2. The van der Waals surface area contributed by atoms with Crippen molar-refractivity contribution < 1.29 is 9.90 Å². The van der Waals surface area contributed by atoms with Gasteiger partial charge in [-0.05, 0) is 19.1 Å². The van der Waals surface area contributed by atoms with Gasteiger partial charge in [0.05, 0.1) is 17.1 Å². The van der Waals surface area contributed by atoms with E-state index in [9.17, 15) is 4.79 Å². The van der Waals surface area contributed by atoms with Crippen molar-refractivity contribution in [3.05, 3.63) is 28.4 Å². The summed E-state index contributed by atoms with van der Waals surface area (Å²) >= 11 is 1.32. The van der Waals surface area contributed by atoms with Gasteiger partial charge in [0, 0.05) is 17.0 Å². The first-order chi connectivity index (χ1) is 7.65. The SMILES string of the molecule is Cc1cc2c([nH]1)CNc1cc(C(=O)O)sc1-2. The van der Waals surface area contributed by atoms with Crippen molar-refractivity contribution in [1.29, 1.82) is 0 Å². The fourth-order valence-electron chi connectivity index (χ4n) is 2.00. The number of carboxylic acids is 1. The number of aromatic nitrogens is 1. The fourth-order valence-corrected chi connectivity index (χ4v) is 3.02. The van der Waals surface area contributed by atoms with Crippen molar-refractivity contribution in [1.82, 2.24) is 4.98 Å². The third kappa shape index (κ3) is 1.25. The number of hydrogen-bond donors (Lipinski definition) is 3. The average Bonchev–Trinajstić information content (AvgIpc) is 2.77. The summed E-state index contributed by atoms with van der Waals surface area (Å²) in [6.45, 7) is 2.73. The summed E-state index contributed by atoms with van der Waals surface area (Å²) in [5.41, 5.74) is 4.28. The first-order valence-corrected chi connectivity index (χ1v) is 5.76. The highest BCUT2D eigenvalue weighted by Gasteiger charge is 2.22. The number of carbonyl (C=O) groups is 1. The van der Waals surface area contributed by atoms with Crippen LogP contribution in [0.2, 0.25) is 0 Å². The highest BCUT2D eigenvalue weighted by atomic mass is 32.1. The van der Waals surface area contributed by atoms with Crippen LogP contribution in [0.1, 0.15) is 21.1 Å². The number of rotatable bonds is 1. The molecule has 1 aliphatic heterocycles. The molecule has 0 aliphatic carbocycles. The van der Waals surface area contributed by atoms with Crippen LogP contribution in [0.4, 0.5) is 5.69 Å². The molecule has 0 amide bonds. The number of H-pyrrole nitrogens is 1. The van der Waals surface area contributed by atoms with Crippen molar-refractivity contribution in [3.63, 3.8) is 0 Å². The molecule has 0 saturated heterocycles. The van der Waals surface area contributed by atoms with Gasteiger partial charge in [-0.2, -0.15) is 0 Å². The van der Waals surface area contributed by atoms with Crippen LogP contribution in [0, 0.1) is 6.92 Å². The number of aryl methyl sites for hydroxylation is 1. The maximum absolute atomic E-state index is 10.9. The van der Waals surface area contributed by atoms with E-state index in [0.29, 0.717) is 4.88 Å². The van der Waals surface area contributed by atoms with E-state index in [1.165, 1.54) is 11.3 Å². The van der Waals surface area contributed by atoms with E-state index in [0.717, 1.165) is 34.1 Å². The van der Waals surface area contributed by atoms with Gasteiger partial charge in [0.1, 0.15) is 4.88 Å². The number of carboxylic acid groups (broad SMARTS) is 1. The highest BCUT2D eigenvalue weighted by Crippen LogP contribution is 2.42. The van der Waals surface area contributed by atoms with E-state index in [2.05, 4.69) is 16.4 Å². The summed E-state index contributed by atoms with van der Waals surface area (Å²) in [6, 6.07) is 3.77. The lowest BCUT2D eigenvalue weighted by molar-refractivity contribution is 0.0702. The van der Waals surface area contributed by atoms with Crippen LogP contribution < -0.4 is 5.32 Å². The Hall–Kier alpha value is -1.75. The van der Waals surface area contributed by atoms with Gasteiger partial charge in [0.15, 0.2) is 0 Å². The molecule has 3 N–H and O–H groups in total. The van der Waals surface area contributed by atoms with Crippen LogP contribution in [0.15, 0.2) is 12.1 Å². The Morgan fingerprint density at radius 1 is 1.50 bits per heavy atom. The smallest absolute Gasteiger partial charge is 0.345 e. The van der Waals surface area contributed by atoms with E-state index < -0.39 is 5.97 Å². The molecule has 2 aromatic heterocycles. The Morgan fingerprint density at radius 3 is 3.06 bits per heavy atom. The molecule has 0 unspecified atom stereocenters. The molecule has 3 rings (SSSR count). The molecule has 0 fully saturated rings. The second-order valence-electron chi connectivity index (χ2n) is 3.86. The van der Waals surface area contributed by atoms with Crippen molar-refractivity contribution in [2.45, 2.75) is 13.5 Å². The second-order valence-corrected chi connectivity index (χ2v) is 4.91. The number of nitrogens with one attached hydrogen (secondary N) is 2. The van der Waals surface area contributed by atoms with Crippen molar-refractivity contribution >= 4 is 23.0 Å². The van der Waals surface area contributed by atoms with E-state index >= 15 is 0 Å². The van der Waals surface area contributed by atoms with Gasteiger partial charge in [0.25, 0.3) is 0 Å². The highest BCUT2D eigenvalue weighted by molar-refractivity contribution is 7.18. The molecule has 82 valence electrons. The molecule has 1 aliphatic rings. The molecule has 0 radical (unpaired) electrons. The van der Waals surface area contributed by atoms with Gasteiger partial charge in [-0.25, -0.2) is 4.79 Å². The molecule has 5 heteroatoms. The zero-order valence-corrected chi connectivity index (χ0v) is 9.44. The lowest BCUT2D eigenvalue weighted by Crippen LogP contribution is -2.05. The summed E-state index contributed by atoms with van der Waals surface area (Å²) in [4.78, 5) is 15.6. The standard InChI is InChI=1S/C11H10N2O2S/c1-5-2-6-8(13-5)4-12-7-3-9(11(14)15)16-10(6)7/h2-3,12-13H,4H2,1H3,(H,14,15). The average molecular weight is 234 g/mol. The Labute approximate surface area is 95.9 Å². The Kier molecular flexibility index (Phi) is 1.85. The van der Waals surface area contributed by atoms with E-state index in [1.54, 1.807) is 6.07 Å². The van der Waals surface area contributed by atoms with Crippen LogP contribution in [-0.2, 0) is 6.54 Å². The predicted molar refractivity (Wildman–Crippen MR) is 63.1 cm³/mol. The lowest BCUT2D eigenvalue weighted by atomic mass is 10.1. The number of aromatic carboxylic acids is 1. The molecule has 2 aromatic rings. The molecule has 0 bridgehead atoms. The van der Waals surface area contributed by atoms with Crippen molar-refractivity contribution in [2.24, 2.45) is 0 Å². The summed E-state index contributed by atoms with van der Waals surface area (Å²) in [6.07, 6.45) is 0. The monoisotopic (exact) mass is 234 g/mol. The second kappa shape index (κ2) is 3.12. The summed E-state index contributed by atoms with van der Waals surface area (Å²) < 4.78 is 0. The quantitative estimate of drug-likeness (QED) is 0.710. The normalized spacial score (nSPS) is 12.8. The minimum absolute atomic E-state index is 0.379. The van der Waals surface area contributed by atoms with Crippen molar-refractivity contribution in [3.8, 4) is 10.4 Å². The molecule has 4 nitrogen and oxygen atoms in total. The van der Waals surface area contributed by atoms with Crippen LogP contribution in [0.3, 0.4) is 0 Å². The molecule has 0 aromatic carbocycles. The third-order valence-electron chi connectivity index (χ3n) is 2.68. The topological polar surface area (TPSA) is 65.1 Å². The minimum atomic E-state index is -0.866. The molecule has 16 heavy (non-hydrogen) atoms. The largest absolute Gasteiger partial charge is 0.477 e. The maximum Gasteiger partial charge on any atom is 0.345 e. The molecular weight excluding hydrogens is 224 g/mol. The molecular formula is C11H10N2O2S. The maximum atomic E-state index is 10.9. The Bertz CT molecular complexity index is 583. The zero-order valence-electron chi connectivity index (χ0n) is 8.63. The van der Waals surface area contributed by atoms with Crippen LogP contribution >= 0.6 is 11.3 Å². The van der Waals surface area contributed by atoms with Crippen LogP contribution in [-0.4, -0.2) is 16.1 Å². The number of hydrogen-bond acceptors (Lipinski definition) is 3. The van der Waals surface area contributed by atoms with Gasteiger partial charge in [0.2, 0.25) is 0 Å². The van der Waals surface area contributed by atoms with Gasteiger partial charge >= 0.3 is 5.97 Å². The summed E-state index contributed by atoms with van der Waals surface area (Å²) in [7, 11) is 0. The minimum Gasteiger partial charge on any atom is -0.477 e. The van der Waals surface area contributed by atoms with Crippen LogP contribution in [0.5, 0.6) is 0 Å². The number of anilines is 1. The van der Waals surface area contributed by atoms with Crippen LogP contribution in [0.25, 0.3) is 10.4 Å². The van der Waals surface area contributed by atoms with Crippen molar-refractivity contribution in [2.75, 3.05) is 5.32 Å². The molecule has 0 spiro atoms. The summed E-state index contributed by atoms with van der Waals surface area (Å²) in [5.74, 6) is -0.866. The Balaban J connectivity index is 2.19. The number of aromatic amines is 1. The molecule has 3 heterocycles. The fraction of sp³-hybridized carbons (Fsp3) is 0.182.